The molecule has 0 aromatic carbocycles. The Morgan fingerprint density at radius 3 is 1.22 bits per heavy atom. The number of amides is 1. The maximum absolute atomic E-state index is 13.0. The van der Waals surface area contributed by atoms with Crippen molar-refractivity contribution in [3.8, 4) is 0 Å². The highest BCUT2D eigenvalue weighted by molar-refractivity contribution is 7.47. The number of phosphoric acid groups is 1. The molecular weight excluding hydrogens is 912 g/mol. The maximum Gasteiger partial charge on any atom is 0.472 e. The number of nitrogens with zero attached hydrogens (tertiary/aromatic N) is 1. The third kappa shape index (κ3) is 55.9. The van der Waals surface area contributed by atoms with Crippen molar-refractivity contribution in [3.63, 3.8) is 0 Å². The zero-order chi connectivity index (χ0) is 52.7. The SMILES string of the molecule is CC/C=C\C/C=C\C/C=C\C/C=C\CCCCCCCCCCCCCCCCCCC(=O)NC(COP(=O)(O)OCC[N+](C)(C)C)C(O)/C=C/CCCCCCCCCCCCCCCCCCCCC. The lowest BCUT2D eigenvalue weighted by atomic mass is 10.0. The average Bonchev–Trinajstić information content (AvgIpc) is 3.34. The van der Waals surface area contributed by atoms with Crippen LogP contribution >= 0.6 is 7.82 Å². The molecule has 0 fully saturated rings. The normalized spacial score (nSPS) is 14.3. The lowest BCUT2D eigenvalue weighted by Gasteiger charge is -2.25. The van der Waals surface area contributed by atoms with Crippen molar-refractivity contribution >= 4 is 13.7 Å². The van der Waals surface area contributed by atoms with Gasteiger partial charge in [-0.15, -0.1) is 0 Å². The first kappa shape index (κ1) is 70.2. The molecule has 0 rings (SSSR count). The molecule has 0 saturated carbocycles. The molecule has 0 aromatic rings. The molecule has 3 N–H and O–H groups in total. The number of likely N-dealkylation sites (N-methyl/N-ethyl adjacent to an activating group) is 1. The highest BCUT2D eigenvalue weighted by Crippen LogP contribution is 2.43. The van der Waals surface area contributed by atoms with E-state index < -0.39 is 20.0 Å². The van der Waals surface area contributed by atoms with E-state index in [0.29, 0.717) is 17.4 Å². The summed E-state index contributed by atoms with van der Waals surface area (Å²) in [6.45, 7) is 4.74. The van der Waals surface area contributed by atoms with Gasteiger partial charge in [0.15, 0.2) is 0 Å². The number of aliphatic hydroxyl groups excluding tert-OH is 1. The Morgan fingerprint density at radius 2 is 0.833 bits per heavy atom. The highest BCUT2D eigenvalue weighted by atomic mass is 31.2. The van der Waals surface area contributed by atoms with Crippen molar-refractivity contribution in [3.05, 3.63) is 60.8 Å². The molecule has 0 aliphatic rings. The van der Waals surface area contributed by atoms with Crippen LogP contribution < -0.4 is 5.32 Å². The summed E-state index contributed by atoms with van der Waals surface area (Å²) in [4.78, 5) is 23.3. The van der Waals surface area contributed by atoms with Gasteiger partial charge < -0.3 is 19.8 Å². The molecule has 0 bridgehead atoms. The lowest BCUT2D eigenvalue weighted by molar-refractivity contribution is -0.870. The number of nitrogens with one attached hydrogen (secondary N) is 1. The van der Waals surface area contributed by atoms with Crippen LogP contribution in [-0.4, -0.2) is 73.4 Å². The number of hydrogen-bond acceptors (Lipinski definition) is 5. The largest absolute Gasteiger partial charge is 0.472 e. The Labute approximate surface area is 447 Å². The van der Waals surface area contributed by atoms with E-state index in [-0.39, 0.29) is 19.1 Å². The fraction of sp³-hybridized carbons (Fsp3) is 0.825. The second kappa shape index (κ2) is 54.0. The molecule has 72 heavy (non-hydrogen) atoms. The molecule has 0 saturated heterocycles. The molecule has 0 aromatic heterocycles. The number of quaternary nitrogens is 1. The minimum absolute atomic E-state index is 0.0613. The van der Waals surface area contributed by atoms with Crippen molar-refractivity contribution in [2.45, 2.75) is 296 Å². The van der Waals surface area contributed by atoms with Gasteiger partial charge in [-0.05, 0) is 57.8 Å². The minimum atomic E-state index is -4.35. The van der Waals surface area contributed by atoms with Gasteiger partial charge in [-0.1, -0.05) is 280 Å². The molecule has 3 atom stereocenters. The van der Waals surface area contributed by atoms with E-state index in [2.05, 4.69) is 67.8 Å². The van der Waals surface area contributed by atoms with E-state index in [1.165, 1.54) is 199 Å². The van der Waals surface area contributed by atoms with Gasteiger partial charge in [-0.3, -0.25) is 13.8 Å². The van der Waals surface area contributed by atoms with Gasteiger partial charge in [0.05, 0.1) is 39.9 Å². The smallest absolute Gasteiger partial charge is 0.387 e. The molecule has 8 nitrogen and oxygen atoms in total. The number of carbonyl (C=O) groups is 1. The van der Waals surface area contributed by atoms with Gasteiger partial charge in [0, 0.05) is 6.42 Å². The highest BCUT2D eigenvalue weighted by Gasteiger charge is 2.27. The number of aliphatic hydroxyl groups is 1. The standard InChI is InChI=1S/C63H119N2O6P/c1-6-8-10-12-14-16-18-20-22-24-26-28-29-30-31-32-33-34-35-37-39-41-43-45-47-49-51-53-55-57-63(67)64-61(60-71-72(68,69)70-59-58-65(3,4)5)62(66)56-54-52-50-48-46-44-42-40-38-36-27-25-23-21-19-17-15-13-11-9-7-2/h8,10,14,16,20,22,26,28,54,56,61-62,66H,6-7,9,11-13,15,17-19,21,23-25,27,29-53,55,57-60H2,1-5H3,(H-,64,67,68,69)/p+1/b10-8-,16-14-,22-20-,28-26-,56-54+. The minimum Gasteiger partial charge on any atom is -0.387 e. The first-order valence-electron chi connectivity index (χ1n) is 30.7. The van der Waals surface area contributed by atoms with Gasteiger partial charge in [0.25, 0.3) is 0 Å². The summed E-state index contributed by atoms with van der Waals surface area (Å²) in [5, 5.41) is 14.0. The fourth-order valence-corrected chi connectivity index (χ4v) is 9.71. The van der Waals surface area contributed by atoms with Crippen LogP contribution in [0.5, 0.6) is 0 Å². The molecule has 0 radical (unpaired) electrons. The summed E-state index contributed by atoms with van der Waals surface area (Å²) >= 11 is 0. The van der Waals surface area contributed by atoms with E-state index >= 15 is 0 Å². The van der Waals surface area contributed by atoms with Crippen LogP contribution in [0.3, 0.4) is 0 Å². The number of phosphoric ester groups is 1. The van der Waals surface area contributed by atoms with E-state index in [0.717, 1.165) is 64.2 Å². The molecule has 1 amide bonds. The van der Waals surface area contributed by atoms with E-state index in [1.54, 1.807) is 6.08 Å². The van der Waals surface area contributed by atoms with E-state index in [4.69, 9.17) is 9.05 Å². The quantitative estimate of drug-likeness (QED) is 0.0243. The Kier molecular flexibility index (Phi) is 52.7. The first-order valence-corrected chi connectivity index (χ1v) is 32.2. The number of unbranched alkanes of at least 4 members (excludes halogenated alkanes) is 35. The Morgan fingerprint density at radius 1 is 0.486 bits per heavy atom. The van der Waals surface area contributed by atoms with Crippen LogP contribution in [0, 0.1) is 0 Å². The summed E-state index contributed by atoms with van der Waals surface area (Å²) in [5.74, 6) is -0.175. The second-order valence-corrected chi connectivity index (χ2v) is 23.5. The zero-order valence-electron chi connectivity index (χ0n) is 48.2. The number of rotatable bonds is 56. The van der Waals surface area contributed by atoms with Crippen LogP contribution in [0.1, 0.15) is 284 Å². The summed E-state index contributed by atoms with van der Waals surface area (Å²) < 4.78 is 23.8. The predicted octanol–water partition coefficient (Wildman–Crippen LogP) is 18.9. The van der Waals surface area contributed by atoms with Crippen LogP contribution in [0.15, 0.2) is 60.8 Å². The first-order chi connectivity index (χ1) is 35.0. The Balaban J connectivity index is 4.13. The molecule has 0 aliphatic carbocycles. The number of carbonyl (C=O) groups excluding carboxylic acids is 1. The zero-order valence-corrected chi connectivity index (χ0v) is 49.1. The molecule has 0 heterocycles. The fourth-order valence-electron chi connectivity index (χ4n) is 8.98. The Hall–Kier alpha value is -1.80. The summed E-state index contributed by atoms with van der Waals surface area (Å²) in [7, 11) is 1.58. The summed E-state index contributed by atoms with van der Waals surface area (Å²) in [5.41, 5.74) is 0. The summed E-state index contributed by atoms with van der Waals surface area (Å²) in [6, 6.07) is -0.848. The number of hydrogen-bond donors (Lipinski definition) is 3. The van der Waals surface area contributed by atoms with E-state index in [9.17, 15) is 19.4 Å². The Bertz CT molecular complexity index is 1360. The van der Waals surface area contributed by atoms with Gasteiger partial charge in [0.1, 0.15) is 13.2 Å². The maximum atomic E-state index is 13.0. The second-order valence-electron chi connectivity index (χ2n) is 22.1. The van der Waals surface area contributed by atoms with Crippen molar-refractivity contribution < 1.29 is 32.9 Å². The molecule has 422 valence electrons. The van der Waals surface area contributed by atoms with Crippen LogP contribution in [-0.2, 0) is 18.4 Å². The van der Waals surface area contributed by atoms with Crippen LogP contribution in [0.4, 0.5) is 0 Å². The van der Waals surface area contributed by atoms with Crippen LogP contribution in [0.25, 0.3) is 0 Å². The van der Waals surface area contributed by atoms with Crippen LogP contribution in [0.2, 0.25) is 0 Å². The molecule has 0 spiro atoms. The molecule has 9 heteroatoms. The van der Waals surface area contributed by atoms with Gasteiger partial charge >= 0.3 is 7.82 Å². The van der Waals surface area contributed by atoms with Gasteiger partial charge in [-0.25, -0.2) is 4.57 Å². The molecule has 0 aliphatic heterocycles. The number of allylic oxidation sites excluding steroid dienone is 9. The van der Waals surface area contributed by atoms with Crippen molar-refractivity contribution in [2.75, 3.05) is 40.9 Å². The third-order valence-corrected chi connectivity index (χ3v) is 14.7. The van der Waals surface area contributed by atoms with Crippen molar-refractivity contribution in [1.29, 1.82) is 0 Å². The lowest BCUT2D eigenvalue weighted by Crippen LogP contribution is -2.45. The van der Waals surface area contributed by atoms with E-state index in [1.807, 2.05) is 27.2 Å². The van der Waals surface area contributed by atoms with Gasteiger partial charge in [0.2, 0.25) is 5.91 Å². The molecule has 3 unspecified atom stereocenters. The van der Waals surface area contributed by atoms with Crippen molar-refractivity contribution in [2.24, 2.45) is 0 Å². The average molecular weight is 1030 g/mol. The third-order valence-electron chi connectivity index (χ3n) is 13.7. The van der Waals surface area contributed by atoms with Crippen molar-refractivity contribution in [1.82, 2.24) is 5.32 Å². The monoisotopic (exact) mass is 1030 g/mol. The summed E-state index contributed by atoms with van der Waals surface area (Å²) in [6.07, 6.45) is 73.3. The predicted molar refractivity (Wildman–Crippen MR) is 314 cm³/mol. The molecular formula is C63H120N2O6P+. The topological polar surface area (TPSA) is 105 Å². The van der Waals surface area contributed by atoms with Gasteiger partial charge in [-0.2, -0.15) is 0 Å².